The molecule has 1 heterocycles. The van der Waals surface area contributed by atoms with Crippen LogP contribution in [0.3, 0.4) is 0 Å². The van der Waals surface area contributed by atoms with E-state index >= 15 is 0 Å². The third kappa shape index (κ3) is 7.71. The fourth-order valence-corrected chi connectivity index (χ4v) is 4.88. The standard InChI is InChI=1S/C30H32ClFN2O4/c1-33(19-23-7-3-2-4-8-23)28(35)18-30(22-38-27-10-5-9-24(31)17-27)15-6-16-34(21-30)29(36)20-37-26-13-11-25(32)12-14-26/h2-5,7-14,17H,6,15-16,18-22H2,1H3/t30-/m0/s1. The first kappa shape index (κ1) is 27.5. The van der Waals surface area contributed by atoms with Crippen molar-refractivity contribution in [2.24, 2.45) is 5.41 Å². The second kappa shape index (κ2) is 12.8. The van der Waals surface area contributed by atoms with E-state index in [1.165, 1.54) is 24.3 Å². The van der Waals surface area contributed by atoms with Crippen molar-refractivity contribution in [1.29, 1.82) is 0 Å². The van der Waals surface area contributed by atoms with Crippen LogP contribution in [0.25, 0.3) is 0 Å². The summed E-state index contributed by atoms with van der Waals surface area (Å²) in [6, 6.07) is 22.5. The quantitative estimate of drug-likeness (QED) is 0.337. The monoisotopic (exact) mass is 538 g/mol. The molecule has 3 aromatic carbocycles. The molecule has 0 N–H and O–H groups in total. The lowest BCUT2D eigenvalue weighted by atomic mass is 9.77. The van der Waals surface area contributed by atoms with Gasteiger partial charge in [0, 0.05) is 43.5 Å². The average Bonchev–Trinajstić information content (AvgIpc) is 2.92. The second-order valence-corrected chi connectivity index (χ2v) is 10.3. The number of hydrogen-bond acceptors (Lipinski definition) is 4. The molecule has 1 fully saturated rings. The van der Waals surface area contributed by atoms with Gasteiger partial charge in [-0.2, -0.15) is 0 Å². The SMILES string of the molecule is CN(Cc1ccccc1)C(=O)C[C@@]1(COc2cccc(Cl)c2)CCCN(C(=O)COc2ccc(F)cc2)C1. The molecular weight excluding hydrogens is 507 g/mol. The predicted molar refractivity (Wildman–Crippen MR) is 145 cm³/mol. The van der Waals surface area contributed by atoms with Gasteiger partial charge in [-0.15, -0.1) is 0 Å². The molecule has 0 unspecified atom stereocenters. The lowest BCUT2D eigenvalue weighted by Crippen LogP contribution is -2.51. The number of nitrogens with zero attached hydrogens (tertiary/aromatic N) is 2. The van der Waals surface area contributed by atoms with Crippen LogP contribution in [0, 0.1) is 11.2 Å². The maximum atomic E-state index is 13.4. The number of amides is 2. The van der Waals surface area contributed by atoms with Crippen LogP contribution in [0.15, 0.2) is 78.9 Å². The van der Waals surface area contributed by atoms with Gasteiger partial charge in [-0.05, 0) is 60.9 Å². The van der Waals surface area contributed by atoms with Gasteiger partial charge in [-0.1, -0.05) is 48.0 Å². The Morgan fingerprint density at radius 2 is 1.76 bits per heavy atom. The van der Waals surface area contributed by atoms with Gasteiger partial charge in [0.1, 0.15) is 17.3 Å². The van der Waals surface area contributed by atoms with Crippen molar-refractivity contribution in [2.45, 2.75) is 25.8 Å². The molecule has 3 aromatic rings. The molecule has 0 radical (unpaired) electrons. The molecule has 4 rings (SSSR count). The summed E-state index contributed by atoms with van der Waals surface area (Å²) in [5.74, 6) is 0.466. The van der Waals surface area contributed by atoms with E-state index in [1.807, 2.05) is 42.5 Å². The topological polar surface area (TPSA) is 59.1 Å². The van der Waals surface area contributed by atoms with Crippen LogP contribution in [0.1, 0.15) is 24.8 Å². The Labute approximate surface area is 227 Å². The van der Waals surface area contributed by atoms with Crippen LogP contribution in [0.4, 0.5) is 4.39 Å². The van der Waals surface area contributed by atoms with E-state index in [2.05, 4.69) is 0 Å². The molecule has 0 aromatic heterocycles. The van der Waals surface area contributed by atoms with Crippen LogP contribution in [0.5, 0.6) is 11.5 Å². The third-order valence-corrected chi connectivity index (χ3v) is 6.98. The molecule has 1 atom stereocenters. The number of piperidine rings is 1. The molecule has 1 aliphatic rings. The number of carbonyl (C=O) groups excluding carboxylic acids is 2. The van der Waals surface area contributed by atoms with E-state index in [9.17, 15) is 14.0 Å². The van der Waals surface area contributed by atoms with Gasteiger partial charge in [0.2, 0.25) is 5.91 Å². The third-order valence-electron chi connectivity index (χ3n) is 6.75. The predicted octanol–water partition coefficient (Wildman–Crippen LogP) is 5.59. The summed E-state index contributed by atoms with van der Waals surface area (Å²) in [4.78, 5) is 29.9. The second-order valence-electron chi connectivity index (χ2n) is 9.82. The molecular formula is C30H32ClFN2O4. The highest BCUT2D eigenvalue weighted by Crippen LogP contribution is 2.36. The van der Waals surface area contributed by atoms with E-state index in [4.69, 9.17) is 21.1 Å². The molecule has 0 bridgehead atoms. The van der Waals surface area contributed by atoms with Crippen LogP contribution in [-0.4, -0.2) is 55.0 Å². The number of halogens is 2. The summed E-state index contributed by atoms with van der Waals surface area (Å²) >= 11 is 6.13. The molecule has 38 heavy (non-hydrogen) atoms. The molecule has 6 nitrogen and oxygen atoms in total. The van der Waals surface area contributed by atoms with Gasteiger partial charge in [0.15, 0.2) is 6.61 Å². The smallest absolute Gasteiger partial charge is 0.260 e. The largest absolute Gasteiger partial charge is 0.493 e. The van der Waals surface area contributed by atoms with Crippen molar-refractivity contribution in [3.63, 3.8) is 0 Å². The highest BCUT2D eigenvalue weighted by Gasteiger charge is 2.40. The summed E-state index contributed by atoms with van der Waals surface area (Å²) in [5.41, 5.74) is 0.472. The maximum absolute atomic E-state index is 13.4. The molecule has 2 amide bonds. The van der Waals surface area contributed by atoms with Gasteiger partial charge < -0.3 is 19.3 Å². The van der Waals surface area contributed by atoms with Crippen molar-refractivity contribution in [2.75, 3.05) is 33.4 Å². The normalized spacial score (nSPS) is 17.1. The number of ether oxygens (including phenoxy) is 2. The molecule has 0 saturated carbocycles. The highest BCUT2D eigenvalue weighted by atomic mass is 35.5. The van der Waals surface area contributed by atoms with Crippen LogP contribution in [-0.2, 0) is 16.1 Å². The minimum atomic E-state index is -0.575. The molecule has 0 aliphatic carbocycles. The Morgan fingerprint density at radius 1 is 1.00 bits per heavy atom. The highest BCUT2D eigenvalue weighted by molar-refractivity contribution is 6.30. The van der Waals surface area contributed by atoms with Crippen molar-refractivity contribution in [3.05, 3.63) is 95.3 Å². The van der Waals surface area contributed by atoms with Gasteiger partial charge in [0.25, 0.3) is 5.91 Å². The number of carbonyl (C=O) groups is 2. The zero-order valence-electron chi connectivity index (χ0n) is 21.4. The fraction of sp³-hybridized carbons (Fsp3) is 0.333. The number of hydrogen-bond donors (Lipinski definition) is 0. The van der Waals surface area contributed by atoms with Gasteiger partial charge in [-0.25, -0.2) is 4.39 Å². The van der Waals surface area contributed by atoms with Crippen molar-refractivity contribution in [1.82, 2.24) is 9.80 Å². The van der Waals surface area contributed by atoms with E-state index < -0.39 is 5.41 Å². The summed E-state index contributed by atoms with van der Waals surface area (Å²) in [6.45, 7) is 1.53. The van der Waals surface area contributed by atoms with Crippen molar-refractivity contribution >= 4 is 23.4 Å². The Morgan fingerprint density at radius 3 is 2.50 bits per heavy atom. The molecule has 1 aliphatic heterocycles. The van der Waals surface area contributed by atoms with Crippen LogP contribution >= 0.6 is 11.6 Å². The first-order valence-electron chi connectivity index (χ1n) is 12.6. The Bertz CT molecular complexity index is 1220. The summed E-state index contributed by atoms with van der Waals surface area (Å²) < 4.78 is 24.9. The average molecular weight is 539 g/mol. The summed E-state index contributed by atoms with van der Waals surface area (Å²) in [5, 5.41) is 0.564. The first-order valence-corrected chi connectivity index (χ1v) is 13.0. The summed E-state index contributed by atoms with van der Waals surface area (Å²) in [7, 11) is 1.79. The van der Waals surface area contributed by atoms with Gasteiger partial charge in [-0.3, -0.25) is 9.59 Å². The number of benzene rings is 3. The van der Waals surface area contributed by atoms with Crippen molar-refractivity contribution < 1.29 is 23.5 Å². The lowest BCUT2D eigenvalue weighted by molar-refractivity contribution is -0.142. The number of rotatable bonds is 10. The van der Waals surface area contributed by atoms with E-state index in [0.717, 1.165) is 18.4 Å². The number of likely N-dealkylation sites (tertiary alicyclic amines) is 1. The minimum absolute atomic E-state index is 0.0135. The van der Waals surface area contributed by atoms with Crippen LogP contribution < -0.4 is 9.47 Å². The lowest BCUT2D eigenvalue weighted by Gasteiger charge is -2.42. The maximum Gasteiger partial charge on any atom is 0.260 e. The fourth-order valence-electron chi connectivity index (χ4n) is 4.70. The Kier molecular flexibility index (Phi) is 9.24. The molecule has 8 heteroatoms. The zero-order chi connectivity index (χ0) is 27.0. The zero-order valence-corrected chi connectivity index (χ0v) is 22.2. The summed E-state index contributed by atoms with van der Waals surface area (Å²) in [6.07, 6.45) is 1.71. The van der Waals surface area contributed by atoms with E-state index in [-0.39, 0.29) is 37.3 Å². The van der Waals surface area contributed by atoms with Crippen molar-refractivity contribution in [3.8, 4) is 11.5 Å². The molecule has 1 saturated heterocycles. The van der Waals surface area contributed by atoms with E-state index in [0.29, 0.717) is 36.2 Å². The first-order chi connectivity index (χ1) is 18.3. The molecule has 0 spiro atoms. The van der Waals surface area contributed by atoms with E-state index in [1.54, 1.807) is 29.0 Å². The Balaban J connectivity index is 1.45. The van der Waals surface area contributed by atoms with Gasteiger partial charge in [0.05, 0.1) is 6.61 Å². The van der Waals surface area contributed by atoms with Gasteiger partial charge >= 0.3 is 0 Å². The van der Waals surface area contributed by atoms with Crippen LogP contribution in [0.2, 0.25) is 5.02 Å². The Hall–Kier alpha value is -3.58. The minimum Gasteiger partial charge on any atom is -0.493 e. The molecule has 200 valence electrons.